The van der Waals surface area contributed by atoms with Crippen molar-refractivity contribution < 1.29 is 0 Å². The van der Waals surface area contributed by atoms with Crippen LogP contribution < -0.4 is 10.6 Å². The summed E-state index contributed by atoms with van der Waals surface area (Å²) < 4.78 is 0. The van der Waals surface area contributed by atoms with Crippen molar-refractivity contribution in [2.24, 2.45) is 11.7 Å². The lowest BCUT2D eigenvalue weighted by atomic mass is 9.85. The third-order valence-corrected chi connectivity index (χ3v) is 4.19. The Morgan fingerprint density at radius 2 is 2.00 bits per heavy atom. The van der Waals surface area contributed by atoms with Crippen LogP contribution in [0, 0.1) is 5.92 Å². The van der Waals surface area contributed by atoms with Crippen LogP contribution in [-0.2, 0) is 6.54 Å². The van der Waals surface area contributed by atoms with Gasteiger partial charge in [0.15, 0.2) is 0 Å². The Labute approximate surface area is 114 Å². The van der Waals surface area contributed by atoms with Crippen LogP contribution in [0.5, 0.6) is 0 Å². The van der Waals surface area contributed by atoms with Gasteiger partial charge in [-0.2, -0.15) is 0 Å². The molecule has 1 aliphatic rings. The van der Waals surface area contributed by atoms with E-state index >= 15 is 0 Å². The molecule has 3 nitrogen and oxygen atoms in total. The van der Waals surface area contributed by atoms with Crippen molar-refractivity contribution in [3.8, 4) is 0 Å². The summed E-state index contributed by atoms with van der Waals surface area (Å²) in [5.41, 5.74) is 6.92. The molecule has 19 heavy (non-hydrogen) atoms. The van der Waals surface area contributed by atoms with Crippen molar-refractivity contribution >= 4 is 16.6 Å². The van der Waals surface area contributed by atoms with Gasteiger partial charge in [-0.25, -0.2) is 4.98 Å². The predicted octanol–water partition coefficient (Wildman–Crippen LogP) is 2.93. The largest absolute Gasteiger partial charge is 0.359 e. The first-order chi connectivity index (χ1) is 9.29. The number of hydrogen-bond donors (Lipinski definition) is 1. The van der Waals surface area contributed by atoms with Crippen LogP contribution in [0.3, 0.4) is 0 Å². The van der Waals surface area contributed by atoms with Gasteiger partial charge in [0.1, 0.15) is 5.82 Å². The smallest absolute Gasteiger partial charge is 0.136 e. The zero-order valence-corrected chi connectivity index (χ0v) is 11.5. The maximum absolute atomic E-state index is 5.80. The molecule has 1 aromatic carbocycles. The molecular weight excluding hydrogens is 234 g/mol. The van der Waals surface area contributed by atoms with Crippen LogP contribution in [0.4, 0.5) is 5.82 Å². The fraction of sp³-hybridized carbons (Fsp3) is 0.438. The zero-order valence-electron chi connectivity index (χ0n) is 11.5. The lowest BCUT2D eigenvalue weighted by Gasteiger charge is -2.31. The highest BCUT2D eigenvalue weighted by Crippen LogP contribution is 2.31. The van der Waals surface area contributed by atoms with E-state index in [-0.39, 0.29) is 0 Å². The third kappa shape index (κ3) is 2.30. The monoisotopic (exact) mass is 255 g/mol. The van der Waals surface area contributed by atoms with E-state index in [1.807, 2.05) is 6.20 Å². The molecule has 0 amide bonds. The molecule has 0 bridgehead atoms. The molecule has 1 saturated carbocycles. The molecule has 2 N–H and O–H groups in total. The summed E-state index contributed by atoms with van der Waals surface area (Å²) in [7, 11) is 2.15. The molecule has 0 radical (unpaired) electrons. The van der Waals surface area contributed by atoms with Crippen LogP contribution in [0.15, 0.2) is 30.5 Å². The fourth-order valence-electron chi connectivity index (χ4n) is 2.85. The van der Waals surface area contributed by atoms with Gasteiger partial charge in [0, 0.05) is 31.7 Å². The first-order valence-corrected chi connectivity index (χ1v) is 7.07. The number of benzene rings is 1. The molecule has 1 aromatic heterocycles. The molecule has 0 saturated heterocycles. The first-order valence-electron chi connectivity index (χ1n) is 7.07. The van der Waals surface area contributed by atoms with Crippen LogP contribution in [0.1, 0.15) is 24.8 Å². The van der Waals surface area contributed by atoms with Gasteiger partial charge in [-0.15, -0.1) is 0 Å². The SMILES string of the molecule is CN(CC1CCC1)c1ncc(CN)c2ccccc12. The maximum atomic E-state index is 5.80. The number of fused-ring (bicyclic) bond motifs is 1. The van der Waals surface area contributed by atoms with Gasteiger partial charge in [-0.05, 0) is 29.7 Å². The second-order valence-corrected chi connectivity index (χ2v) is 5.53. The molecule has 3 rings (SSSR count). The topological polar surface area (TPSA) is 42.2 Å². The second-order valence-electron chi connectivity index (χ2n) is 5.53. The number of nitrogens with zero attached hydrogens (tertiary/aromatic N) is 2. The quantitative estimate of drug-likeness (QED) is 0.913. The molecule has 0 atom stereocenters. The average Bonchev–Trinajstić information content (AvgIpc) is 2.41. The number of nitrogens with two attached hydrogens (primary N) is 1. The van der Waals surface area contributed by atoms with E-state index in [0.717, 1.165) is 23.8 Å². The Hall–Kier alpha value is -1.61. The van der Waals surface area contributed by atoms with Gasteiger partial charge in [-0.3, -0.25) is 0 Å². The van der Waals surface area contributed by atoms with Gasteiger partial charge >= 0.3 is 0 Å². The van der Waals surface area contributed by atoms with Gasteiger partial charge in [-0.1, -0.05) is 30.7 Å². The van der Waals surface area contributed by atoms with Crippen molar-refractivity contribution in [1.29, 1.82) is 0 Å². The molecule has 0 unspecified atom stereocenters. The molecule has 1 aliphatic carbocycles. The summed E-state index contributed by atoms with van der Waals surface area (Å²) in [4.78, 5) is 6.93. The Morgan fingerprint density at radius 3 is 2.63 bits per heavy atom. The van der Waals surface area contributed by atoms with E-state index in [0.29, 0.717) is 6.54 Å². The summed E-state index contributed by atoms with van der Waals surface area (Å²) in [6.45, 7) is 1.65. The lowest BCUT2D eigenvalue weighted by molar-refractivity contribution is 0.321. The van der Waals surface area contributed by atoms with Gasteiger partial charge in [0.2, 0.25) is 0 Å². The van der Waals surface area contributed by atoms with Gasteiger partial charge in [0.05, 0.1) is 0 Å². The van der Waals surface area contributed by atoms with Crippen molar-refractivity contribution in [1.82, 2.24) is 4.98 Å². The Bertz CT molecular complexity index is 575. The summed E-state index contributed by atoms with van der Waals surface area (Å²) in [5.74, 6) is 1.93. The van der Waals surface area contributed by atoms with E-state index < -0.39 is 0 Å². The summed E-state index contributed by atoms with van der Waals surface area (Å²) in [5, 5.41) is 2.45. The minimum Gasteiger partial charge on any atom is -0.359 e. The van der Waals surface area contributed by atoms with E-state index in [2.05, 4.69) is 41.2 Å². The van der Waals surface area contributed by atoms with Crippen LogP contribution in [0.25, 0.3) is 10.8 Å². The third-order valence-electron chi connectivity index (χ3n) is 4.19. The van der Waals surface area contributed by atoms with Gasteiger partial charge < -0.3 is 10.6 Å². The number of rotatable bonds is 4. The number of aromatic nitrogens is 1. The highest BCUT2D eigenvalue weighted by Gasteiger charge is 2.20. The molecule has 100 valence electrons. The van der Waals surface area contributed by atoms with Crippen molar-refractivity contribution in [3.05, 3.63) is 36.0 Å². The zero-order chi connectivity index (χ0) is 13.2. The minimum atomic E-state index is 0.542. The molecule has 1 fully saturated rings. The van der Waals surface area contributed by atoms with E-state index in [1.165, 1.54) is 30.0 Å². The maximum Gasteiger partial charge on any atom is 0.136 e. The Balaban J connectivity index is 1.98. The van der Waals surface area contributed by atoms with E-state index in [4.69, 9.17) is 5.73 Å². The van der Waals surface area contributed by atoms with Gasteiger partial charge in [0.25, 0.3) is 0 Å². The number of anilines is 1. The number of pyridine rings is 1. The summed E-state index contributed by atoms with van der Waals surface area (Å²) >= 11 is 0. The fourth-order valence-corrected chi connectivity index (χ4v) is 2.85. The second kappa shape index (κ2) is 5.17. The molecule has 1 heterocycles. The molecule has 3 heteroatoms. The molecular formula is C16H21N3. The first kappa shape index (κ1) is 12.4. The van der Waals surface area contributed by atoms with Crippen LogP contribution in [-0.4, -0.2) is 18.6 Å². The van der Waals surface area contributed by atoms with E-state index in [9.17, 15) is 0 Å². The Kier molecular flexibility index (Phi) is 3.38. The average molecular weight is 255 g/mol. The minimum absolute atomic E-state index is 0.542. The standard InChI is InChI=1S/C16H21N3/c1-19(11-12-5-4-6-12)16-15-8-3-2-7-14(15)13(9-17)10-18-16/h2-3,7-8,10,12H,4-6,9,11,17H2,1H3. The molecule has 2 aromatic rings. The number of hydrogen-bond acceptors (Lipinski definition) is 3. The van der Waals surface area contributed by atoms with E-state index in [1.54, 1.807) is 0 Å². The highest BCUT2D eigenvalue weighted by molar-refractivity contribution is 5.94. The summed E-state index contributed by atoms with van der Waals surface area (Å²) in [6.07, 6.45) is 6.04. The van der Waals surface area contributed by atoms with Crippen molar-refractivity contribution in [2.75, 3.05) is 18.5 Å². The molecule has 0 spiro atoms. The van der Waals surface area contributed by atoms with Crippen molar-refractivity contribution in [2.45, 2.75) is 25.8 Å². The highest BCUT2D eigenvalue weighted by atomic mass is 15.2. The lowest BCUT2D eigenvalue weighted by Crippen LogP contribution is -2.30. The Morgan fingerprint density at radius 1 is 1.26 bits per heavy atom. The molecule has 0 aliphatic heterocycles. The summed E-state index contributed by atoms with van der Waals surface area (Å²) in [6, 6.07) is 8.43. The van der Waals surface area contributed by atoms with Crippen LogP contribution >= 0.6 is 0 Å². The predicted molar refractivity (Wildman–Crippen MR) is 80.2 cm³/mol. The normalized spacial score (nSPS) is 15.5. The van der Waals surface area contributed by atoms with Crippen molar-refractivity contribution in [3.63, 3.8) is 0 Å². The van der Waals surface area contributed by atoms with Crippen LogP contribution in [0.2, 0.25) is 0 Å².